The molecule has 0 aromatic heterocycles. The molecule has 1 unspecified atom stereocenters. The summed E-state index contributed by atoms with van der Waals surface area (Å²) in [7, 11) is 3.30. The number of hydrogen-bond donors (Lipinski definition) is 3. The average molecular weight is 231 g/mol. The third-order valence-electron chi connectivity index (χ3n) is 1.92. The minimum atomic E-state index is -0.459. The number of amides is 3. The highest BCUT2D eigenvalue weighted by molar-refractivity contribution is 5.76. The summed E-state index contributed by atoms with van der Waals surface area (Å²) in [5, 5.41) is 14.2. The summed E-state index contributed by atoms with van der Waals surface area (Å²) in [6.07, 6.45) is 0.300. The molecule has 0 aromatic rings. The molecule has 0 saturated carbocycles. The second-order valence-electron chi connectivity index (χ2n) is 3.86. The van der Waals surface area contributed by atoms with E-state index >= 15 is 0 Å². The van der Waals surface area contributed by atoms with Crippen molar-refractivity contribution in [2.24, 2.45) is 0 Å². The van der Waals surface area contributed by atoms with Crippen LogP contribution in [0, 0.1) is 0 Å². The summed E-state index contributed by atoms with van der Waals surface area (Å²) in [4.78, 5) is 23.7. The molecule has 3 amide bonds. The molecule has 0 aliphatic rings. The Morgan fingerprint density at radius 1 is 1.25 bits per heavy atom. The summed E-state index contributed by atoms with van der Waals surface area (Å²) in [6, 6.07) is -0.182. The highest BCUT2D eigenvalue weighted by Crippen LogP contribution is 1.94. The standard InChI is InChI=1S/C10H21N3O3/c1-8(14)4-5-9(15)11-6-7-12-10(16)13(2)3/h8,14H,4-7H2,1-3H3,(H,11,15)(H,12,16). The Labute approximate surface area is 96.0 Å². The largest absolute Gasteiger partial charge is 0.393 e. The van der Waals surface area contributed by atoms with E-state index in [1.54, 1.807) is 21.0 Å². The molecular formula is C10H21N3O3. The fraction of sp³-hybridized carbons (Fsp3) is 0.800. The van der Waals surface area contributed by atoms with Crippen LogP contribution in [0.1, 0.15) is 19.8 Å². The number of aliphatic hydroxyl groups is 1. The molecule has 0 spiro atoms. The molecule has 94 valence electrons. The summed E-state index contributed by atoms with van der Waals surface area (Å²) >= 11 is 0. The Bertz CT molecular complexity index is 229. The summed E-state index contributed by atoms with van der Waals surface area (Å²) < 4.78 is 0. The maximum absolute atomic E-state index is 11.2. The van der Waals surface area contributed by atoms with E-state index in [0.29, 0.717) is 25.9 Å². The Kier molecular flexibility index (Phi) is 7.28. The van der Waals surface area contributed by atoms with Crippen molar-refractivity contribution in [3.05, 3.63) is 0 Å². The molecule has 16 heavy (non-hydrogen) atoms. The molecule has 6 heteroatoms. The van der Waals surface area contributed by atoms with Crippen molar-refractivity contribution < 1.29 is 14.7 Å². The minimum absolute atomic E-state index is 0.111. The van der Waals surface area contributed by atoms with Gasteiger partial charge in [-0.25, -0.2) is 4.79 Å². The van der Waals surface area contributed by atoms with Gasteiger partial charge >= 0.3 is 6.03 Å². The predicted molar refractivity (Wildman–Crippen MR) is 61.0 cm³/mol. The van der Waals surface area contributed by atoms with Gasteiger partial charge in [0, 0.05) is 33.6 Å². The molecule has 0 saturated heterocycles. The molecular weight excluding hydrogens is 210 g/mol. The van der Waals surface area contributed by atoms with Crippen LogP contribution in [-0.2, 0) is 4.79 Å². The molecule has 0 aliphatic heterocycles. The van der Waals surface area contributed by atoms with Crippen molar-refractivity contribution in [2.45, 2.75) is 25.9 Å². The number of nitrogens with zero attached hydrogens (tertiary/aromatic N) is 1. The van der Waals surface area contributed by atoms with E-state index in [1.807, 2.05) is 0 Å². The Morgan fingerprint density at radius 3 is 2.31 bits per heavy atom. The Hall–Kier alpha value is -1.30. The van der Waals surface area contributed by atoms with Gasteiger partial charge < -0.3 is 20.6 Å². The predicted octanol–water partition coefficient (Wildman–Crippen LogP) is -0.465. The number of carbonyl (C=O) groups excluding carboxylic acids is 2. The lowest BCUT2D eigenvalue weighted by molar-refractivity contribution is -0.121. The fourth-order valence-electron chi connectivity index (χ4n) is 0.958. The lowest BCUT2D eigenvalue weighted by atomic mass is 10.2. The van der Waals surface area contributed by atoms with E-state index in [1.165, 1.54) is 4.90 Å². The lowest BCUT2D eigenvalue weighted by Gasteiger charge is -2.12. The van der Waals surface area contributed by atoms with Crippen molar-refractivity contribution >= 4 is 11.9 Å². The number of carbonyl (C=O) groups is 2. The molecule has 0 heterocycles. The third kappa shape index (κ3) is 8.05. The smallest absolute Gasteiger partial charge is 0.316 e. The molecule has 6 nitrogen and oxygen atoms in total. The molecule has 0 aromatic carbocycles. The maximum atomic E-state index is 11.2. The van der Waals surface area contributed by atoms with Gasteiger partial charge in [-0.05, 0) is 13.3 Å². The summed E-state index contributed by atoms with van der Waals surface area (Å²) in [6.45, 7) is 2.44. The topological polar surface area (TPSA) is 81.7 Å². The molecule has 3 N–H and O–H groups in total. The van der Waals surface area contributed by atoms with Crippen LogP contribution in [0.15, 0.2) is 0 Å². The van der Waals surface area contributed by atoms with Crippen LogP contribution in [0.3, 0.4) is 0 Å². The first kappa shape index (κ1) is 14.7. The van der Waals surface area contributed by atoms with Crippen molar-refractivity contribution in [1.29, 1.82) is 0 Å². The van der Waals surface area contributed by atoms with Gasteiger partial charge in [0.1, 0.15) is 0 Å². The van der Waals surface area contributed by atoms with Crippen LogP contribution in [0.2, 0.25) is 0 Å². The minimum Gasteiger partial charge on any atom is -0.393 e. The van der Waals surface area contributed by atoms with Crippen LogP contribution in [0.25, 0.3) is 0 Å². The zero-order chi connectivity index (χ0) is 12.6. The van der Waals surface area contributed by atoms with Crippen molar-refractivity contribution in [3.63, 3.8) is 0 Å². The number of aliphatic hydroxyl groups excluding tert-OH is 1. The van der Waals surface area contributed by atoms with E-state index in [0.717, 1.165) is 0 Å². The van der Waals surface area contributed by atoms with Crippen LogP contribution in [0.4, 0.5) is 4.79 Å². The van der Waals surface area contributed by atoms with E-state index in [-0.39, 0.29) is 11.9 Å². The molecule has 0 rings (SSSR count). The first-order chi connectivity index (χ1) is 7.43. The summed E-state index contributed by atoms with van der Waals surface area (Å²) in [5.41, 5.74) is 0. The molecule has 0 bridgehead atoms. The van der Waals surface area contributed by atoms with Gasteiger partial charge in [-0.2, -0.15) is 0 Å². The van der Waals surface area contributed by atoms with E-state index < -0.39 is 6.10 Å². The van der Waals surface area contributed by atoms with Gasteiger partial charge in [0.2, 0.25) is 5.91 Å². The lowest BCUT2D eigenvalue weighted by Crippen LogP contribution is -2.39. The number of urea groups is 1. The van der Waals surface area contributed by atoms with Gasteiger partial charge in [-0.3, -0.25) is 4.79 Å². The second-order valence-corrected chi connectivity index (χ2v) is 3.86. The number of rotatable bonds is 6. The van der Waals surface area contributed by atoms with Gasteiger partial charge in [-0.15, -0.1) is 0 Å². The first-order valence-electron chi connectivity index (χ1n) is 5.33. The first-order valence-corrected chi connectivity index (χ1v) is 5.33. The van der Waals surface area contributed by atoms with Crippen molar-refractivity contribution in [3.8, 4) is 0 Å². The SMILES string of the molecule is CC(O)CCC(=O)NCCNC(=O)N(C)C. The highest BCUT2D eigenvalue weighted by atomic mass is 16.3. The maximum Gasteiger partial charge on any atom is 0.316 e. The molecule has 0 aliphatic carbocycles. The quantitative estimate of drug-likeness (QED) is 0.541. The van der Waals surface area contributed by atoms with Crippen LogP contribution >= 0.6 is 0 Å². The highest BCUT2D eigenvalue weighted by Gasteiger charge is 2.04. The van der Waals surface area contributed by atoms with Crippen molar-refractivity contribution in [1.82, 2.24) is 15.5 Å². The summed E-state index contributed by atoms with van der Waals surface area (Å²) in [5.74, 6) is -0.111. The normalized spacial score (nSPS) is 11.8. The van der Waals surface area contributed by atoms with Crippen molar-refractivity contribution in [2.75, 3.05) is 27.2 Å². The third-order valence-corrected chi connectivity index (χ3v) is 1.92. The van der Waals surface area contributed by atoms with Crippen LogP contribution in [0.5, 0.6) is 0 Å². The zero-order valence-electron chi connectivity index (χ0n) is 10.1. The van der Waals surface area contributed by atoms with Crippen LogP contribution in [-0.4, -0.2) is 55.2 Å². The Balaban J connectivity index is 3.45. The molecule has 1 atom stereocenters. The van der Waals surface area contributed by atoms with Gasteiger partial charge in [0.15, 0.2) is 0 Å². The monoisotopic (exact) mass is 231 g/mol. The van der Waals surface area contributed by atoms with E-state index in [4.69, 9.17) is 5.11 Å². The van der Waals surface area contributed by atoms with Gasteiger partial charge in [-0.1, -0.05) is 0 Å². The number of hydrogen-bond acceptors (Lipinski definition) is 3. The molecule has 0 radical (unpaired) electrons. The Morgan fingerprint density at radius 2 is 1.81 bits per heavy atom. The second kappa shape index (κ2) is 7.92. The van der Waals surface area contributed by atoms with Gasteiger partial charge in [0.25, 0.3) is 0 Å². The van der Waals surface area contributed by atoms with Gasteiger partial charge in [0.05, 0.1) is 6.10 Å². The fourth-order valence-corrected chi connectivity index (χ4v) is 0.958. The van der Waals surface area contributed by atoms with E-state index in [9.17, 15) is 9.59 Å². The average Bonchev–Trinajstić information content (AvgIpc) is 2.20. The molecule has 0 fully saturated rings. The number of nitrogens with one attached hydrogen (secondary N) is 2. The zero-order valence-corrected chi connectivity index (χ0v) is 10.1. The van der Waals surface area contributed by atoms with Crippen LogP contribution < -0.4 is 10.6 Å². The van der Waals surface area contributed by atoms with E-state index in [2.05, 4.69) is 10.6 Å².